The Balaban J connectivity index is 1.67. The average molecular weight is 273 g/mol. The summed E-state index contributed by atoms with van der Waals surface area (Å²) in [6.45, 7) is 1.82. The molecule has 0 radical (unpaired) electrons. The van der Waals surface area contributed by atoms with E-state index in [1.165, 1.54) is 11.1 Å². The molecule has 1 aliphatic heterocycles. The van der Waals surface area contributed by atoms with Crippen LogP contribution in [-0.4, -0.2) is 35.6 Å². The third-order valence-corrected chi connectivity index (χ3v) is 4.78. The Morgan fingerprint density at radius 1 is 1.25 bits per heavy atom. The van der Waals surface area contributed by atoms with Crippen molar-refractivity contribution in [3.05, 3.63) is 35.4 Å². The van der Waals surface area contributed by atoms with Crippen LogP contribution in [-0.2, 0) is 17.6 Å². The second-order valence-electron chi connectivity index (χ2n) is 6.18. The van der Waals surface area contributed by atoms with Gasteiger partial charge in [-0.15, -0.1) is 0 Å². The van der Waals surface area contributed by atoms with Crippen molar-refractivity contribution in [1.82, 2.24) is 4.90 Å². The average Bonchev–Trinajstić information content (AvgIpc) is 2.53. The van der Waals surface area contributed by atoms with E-state index in [1.54, 1.807) is 0 Å². The van der Waals surface area contributed by atoms with Gasteiger partial charge in [0, 0.05) is 25.6 Å². The summed E-state index contributed by atoms with van der Waals surface area (Å²) in [5.74, 6) is 0.726. The van der Waals surface area contributed by atoms with Gasteiger partial charge in [-0.3, -0.25) is 4.79 Å². The molecule has 1 saturated heterocycles. The monoisotopic (exact) mass is 273 g/mol. The number of aliphatic hydroxyl groups is 1. The van der Waals surface area contributed by atoms with Gasteiger partial charge in [-0.1, -0.05) is 24.3 Å². The minimum atomic E-state index is 0.141. The molecule has 1 fully saturated rings. The Bertz CT molecular complexity index is 486. The highest BCUT2D eigenvalue weighted by atomic mass is 16.3. The number of amides is 1. The number of nitrogens with zero attached hydrogens (tertiary/aromatic N) is 1. The molecule has 1 aromatic carbocycles. The smallest absolute Gasteiger partial charge is 0.226 e. The van der Waals surface area contributed by atoms with E-state index in [4.69, 9.17) is 0 Å². The quantitative estimate of drug-likeness (QED) is 0.895. The van der Waals surface area contributed by atoms with Gasteiger partial charge in [0.2, 0.25) is 5.91 Å². The van der Waals surface area contributed by atoms with Crippen molar-refractivity contribution < 1.29 is 9.90 Å². The molecule has 1 aliphatic carbocycles. The Morgan fingerprint density at radius 3 is 2.85 bits per heavy atom. The molecule has 20 heavy (non-hydrogen) atoms. The highest BCUT2D eigenvalue weighted by Gasteiger charge is 2.30. The summed E-state index contributed by atoms with van der Waals surface area (Å²) in [6.07, 6.45) is 4.95. The van der Waals surface area contributed by atoms with Gasteiger partial charge in [0.15, 0.2) is 0 Å². The van der Waals surface area contributed by atoms with Crippen LogP contribution in [0.2, 0.25) is 0 Å². The van der Waals surface area contributed by atoms with E-state index in [0.29, 0.717) is 5.91 Å². The van der Waals surface area contributed by atoms with E-state index in [2.05, 4.69) is 24.3 Å². The van der Waals surface area contributed by atoms with Gasteiger partial charge >= 0.3 is 0 Å². The number of aryl methyl sites for hydroxylation is 1. The standard InChI is InChI=1S/C17H23NO2/c19-12-13-4-3-9-18(11-13)17(20)16-8-7-14-5-1-2-6-15(14)10-16/h1-2,5-6,13,16,19H,3-4,7-12H2. The molecule has 1 N–H and O–H groups in total. The molecule has 108 valence electrons. The Hall–Kier alpha value is -1.35. The number of piperidine rings is 1. The van der Waals surface area contributed by atoms with Gasteiger partial charge in [0.25, 0.3) is 0 Å². The van der Waals surface area contributed by atoms with E-state index >= 15 is 0 Å². The molecule has 1 amide bonds. The summed E-state index contributed by atoms with van der Waals surface area (Å²) >= 11 is 0. The van der Waals surface area contributed by atoms with Gasteiger partial charge < -0.3 is 10.0 Å². The van der Waals surface area contributed by atoms with E-state index in [0.717, 1.165) is 45.2 Å². The summed E-state index contributed by atoms with van der Waals surface area (Å²) in [5, 5.41) is 9.29. The first kappa shape index (κ1) is 13.6. The first-order chi connectivity index (χ1) is 9.78. The van der Waals surface area contributed by atoms with Crippen molar-refractivity contribution in [2.75, 3.05) is 19.7 Å². The number of fused-ring (bicyclic) bond motifs is 1. The summed E-state index contributed by atoms with van der Waals surface area (Å²) < 4.78 is 0. The van der Waals surface area contributed by atoms with Gasteiger partial charge in [0.1, 0.15) is 0 Å². The van der Waals surface area contributed by atoms with Crippen molar-refractivity contribution in [3.63, 3.8) is 0 Å². The number of carbonyl (C=O) groups excluding carboxylic acids is 1. The van der Waals surface area contributed by atoms with Crippen molar-refractivity contribution in [3.8, 4) is 0 Å². The number of hydrogen-bond acceptors (Lipinski definition) is 2. The Morgan fingerprint density at radius 2 is 2.05 bits per heavy atom. The summed E-state index contributed by atoms with van der Waals surface area (Å²) in [5.41, 5.74) is 2.75. The van der Waals surface area contributed by atoms with Crippen molar-refractivity contribution >= 4 is 5.91 Å². The lowest BCUT2D eigenvalue weighted by molar-refractivity contribution is -0.138. The van der Waals surface area contributed by atoms with Crippen LogP contribution in [0.1, 0.15) is 30.4 Å². The van der Waals surface area contributed by atoms with E-state index < -0.39 is 0 Å². The first-order valence-corrected chi connectivity index (χ1v) is 7.74. The highest BCUT2D eigenvalue weighted by Crippen LogP contribution is 2.28. The number of hydrogen-bond donors (Lipinski definition) is 1. The third-order valence-electron chi connectivity index (χ3n) is 4.78. The van der Waals surface area contributed by atoms with Crippen LogP contribution in [0.5, 0.6) is 0 Å². The molecule has 0 bridgehead atoms. The predicted octanol–water partition coefficient (Wildman–Crippen LogP) is 2.02. The molecule has 1 heterocycles. The van der Waals surface area contributed by atoms with E-state index in [1.807, 2.05) is 4.90 Å². The van der Waals surface area contributed by atoms with Gasteiger partial charge in [-0.25, -0.2) is 0 Å². The van der Waals surface area contributed by atoms with Gasteiger partial charge in [-0.05, 0) is 49.1 Å². The second-order valence-corrected chi connectivity index (χ2v) is 6.18. The van der Waals surface area contributed by atoms with Crippen molar-refractivity contribution in [2.24, 2.45) is 11.8 Å². The zero-order chi connectivity index (χ0) is 13.9. The topological polar surface area (TPSA) is 40.5 Å². The molecule has 0 aromatic heterocycles. The van der Waals surface area contributed by atoms with Crippen LogP contribution in [0, 0.1) is 11.8 Å². The lowest BCUT2D eigenvalue weighted by atomic mass is 9.82. The van der Waals surface area contributed by atoms with E-state index in [-0.39, 0.29) is 18.4 Å². The molecule has 3 nitrogen and oxygen atoms in total. The fourth-order valence-electron chi connectivity index (χ4n) is 3.58. The third kappa shape index (κ3) is 2.73. The summed E-state index contributed by atoms with van der Waals surface area (Å²) in [6, 6.07) is 8.48. The normalized spacial score (nSPS) is 26.1. The molecule has 0 spiro atoms. The number of aliphatic hydroxyl groups excluding tert-OH is 1. The molecule has 2 unspecified atom stereocenters. The largest absolute Gasteiger partial charge is 0.396 e. The maximum absolute atomic E-state index is 12.7. The molecule has 0 saturated carbocycles. The van der Waals surface area contributed by atoms with Gasteiger partial charge in [-0.2, -0.15) is 0 Å². The lowest BCUT2D eigenvalue weighted by Crippen LogP contribution is -2.44. The zero-order valence-corrected chi connectivity index (χ0v) is 11.9. The van der Waals surface area contributed by atoms with Crippen LogP contribution in [0.15, 0.2) is 24.3 Å². The molecule has 2 aliphatic rings. The lowest BCUT2D eigenvalue weighted by Gasteiger charge is -2.35. The van der Waals surface area contributed by atoms with E-state index in [9.17, 15) is 9.90 Å². The fraction of sp³-hybridized carbons (Fsp3) is 0.588. The SMILES string of the molecule is O=C(C1CCc2ccccc2C1)N1CCCC(CO)C1. The maximum Gasteiger partial charge on any atom is 0.226 e. The minimum Gasteiger partial charge on any atom is -0.396 e. The molecular formula is C17H23NO2. The first-order valence-electron chi connectivity index (χ1n) is 7.74. The van der Waals surface area contributed by atoms with Crippen molar-refractivity contribution in [1.29, 1.82) is 0 Å². The number of carbonyl (C=O) groups is 1. The van der Waals surface area contributed by atoms with Crippen LogP contribution in [0.4, 0.5) is 0 Å². The molecule has 3 rings (SSSR count). The highest BCUT2D eigenvalue weighted by molar-refractivity contribution is 5.79. The molecule has 3 heteroatoms. The predicted molar refractivity (Wildman–Crippen MR) is 78.3 cm³/mol. The van der Waals surface area contributed by atoms with Crippen molar-refractivity contribution in [2.45, 2.75) is 32.1 Å². The van der Waals surface area contributed by atoms with Crippen LogP contribution < -0.4 is 0 Å². The number of rotatable bonds is 2. The molecular weight excluding hydrogens is 250 g/mol. The summed E-state index contributed by atoms with van der Waals surface area (Å²) in [4.78, 5) is 14.7. The van der Waals surface area contributed by atoms with Crippen LogP contribution in [0.25, 0.3) is 0 Å². The summed E-state index contributed by atoms with van der Waals surface area (Å²) in [7, 11) is 0. The Kier molecular flexibility index (Phi) is 4.06. The molecule has 1 aromatic rings. The zero-order valence-electron chi connectivity index (χ0n) is 11.9. The number of benzene rings is 1. The second kappa shape index (κ2) is 5.96. The van der Waals surface area contributed by atoms with Crippen LogP contribution >= 0.6 is 0 Å². The van der Waals surface area contributed by atoms with Gasteiger partial charge in [0.05, 0.1) is 0 Å². The molecule has 2 atom stereocenters. The van der Waals surface area contributed by atoms with Crippen LogP contribution in [0.3, 0.4) is 0 Å². The fourth-order valence-corrected chi connectivity index (χ4v) is 3.58. The number of likely N-dealkylation sites (tertiary alicyclic amines) is 1. The maximum atomic E-state index is 12.7. The Labute approximate surface area is 120 Å². The minimum absolute atomic E-state index is 0.141.